The molecule has 1 amide bonds. The Hall–Kier alpha value is -2.00. The second kappa shape index (κ2) is 7.14. The first-order valence-electron chi connectivity index (χ1n) is 6.32. The molecule has 0 aliphatic carbocycles. The van der Waals surface area contributed by atoms with Crippen LogP contribution in [0.15, 0.2) is 24.3 Å². The fourth-order valence-corrected chi connectivity index (χ4v) is 1.75. The molecule has 0 atom stereocenters. The molecule has 0 aliphatic rings. The summed E-state index contributed by atoms with van der Waals surface area (Å²) in [6.07, 6.45) is -4.47. The molecule has 1 N–H and O–H groups in total. The summed E-state index contributed by atoms with van der Waals surface area (Å²) < 4.78 is 37.8. The van der Waals surface area contributed by atoms with Gasteiger partial charge in [0.1, 0.15) is 13.2 Å². The zero-order valence-electron chi connectivity index (χ0n) is 11.7. The molecule has 0 aliphatic heterocycles. The van der Waals surface area contributed by atoms with Crippen molar-refractivity contribution in [3.05, 3.63) is 35.4 Å². The third-order valence-electron chi connectivity index (χ3n) is 2.69. The summed E-state index contributed by atoms with van der Waals surface area (Å²) in [4.78, 5) is 13.1. The molecule has 1 aromatic rings. The molecule has 0 aromatic heterocycles. The SMILES string of the molecule is CC(C)N(CC(F)(F)F)C(=O)c1ccccc1C#CCO. The number of rotatable bonds is 3. The first kappa shape index (κ1) is 17.1. The number of alkyl halides is 3. The molecular formula is C15H16F3NO2. The van der Waals surface area contributed by atoms with Crippen LogP contribution in [0.4, 0.5) is 13.2 Å². The maximum absolute atomic E-state index is 12.6. The van der Waals surface area contributed by atoms with Gasteiger partial charge < -0.3 is 10.0 Å². The molecular weight excluding hydrogens is 283 g/mol. The van der Waals surface area contributed by atoms with Gasteiger partial charge in [-0.25, -0.2) is 0 Å². The zero-order valence-corrected chi connectivity index (χ0v) is 11.7. The third-order valence-corrected chi connectivity index (χ3v) is 2.69. The minimum atomic E-state index is -4.47. The maximum Gasteiger partial charge on any atom is 0.406 e. The third kappa shape index (κ3) is 5.12. The largest absolute Gasteiger partial charge is 0.406 e. The van der Waals surface area contributed by atoms with Crippen LogP contribution in [-0.4, -0.2) is 41.3 Å². The molecule has 114 valence electrons. The first-order valence-corrected chi connectivity index (χ1v) is 6.32. The van der Waals surface area contributed by atoms with Gasteiger partial charge in [0.15, 0.2) is 0 Å². The summed E-state index contributed by atoms with van der Waals surface area (Å²) in [6.45, 7) is 1.33. The minimum Gasteiger partial charge on any atom is -0.384 e. The highest BCUT2D eigenvalue weighted by molar-refractivity contribution is 5.97. The van der Waals surface area contributed by atoms with Crippen LogP contribution in [0.5, 0.6) is 0 Å². The number of aliphatic hydroxyl groups excluding tert-OH is 1. The van der Waals surface area contributed by atoms with Crippen LogP contribution in [0.2, 0.25) is 0 Å². The van der Waals surface area contributed by atoms with Crippen molar-refractivity contribution < 1.29 is 23.1 Å². The highest BCUT2D eigenvalue weighted by Crippen LogP contribution is 2.21. The normalized spacial score (nSPS) is 11.0. The van der Waals surface area contributed by atoms with Crippen LogP contribution in [0.3, 0.4) is 0 Å². The Labute approximate surface area is 121 Å². The standard InChI is InChI=1S/C15H16F3NO2/c1-11(2)19(10-15(16,17)18)14(21)13-8-4-3-6-12(13)7-5-9-20/h3-4,6,8,11,20H,9-10H2,1-2H3. The molecule has 0 heterocycles. The summed E-state index contributed by atoms with van der Waals surface area (Å²) in [5, 5.41) is 8.69. The highest BCUT2D eigenvalue weighted by Gasteiger charge is 2.35. The van der Waals surface area contributed by atoms with Gasteiger partial charge in [0.05, 0.1) is 5.56 Å². The molecule has 0 saturated heterocycles. The Morgan fingerprint density at radius 2 is 1.95 bits per heavy atom. The van der Waals surface area contributed by atoms with Gasteiger partial charge >= 0.3 is 6.18 Å². The average Bonchev–Trinajstić information content (AvgIpc) is 2.41. The van der Waals surface area contributed by atoms with E-state index in [9.17, 15) is 18.0 Å². The van der Waals surface area contributed by atoms with Gasteiger partial charge in [0.25, 0.3) is 5.91 Å². The molecule has 1 aromatic carbocycles. The predicted octanol–water partition coefficient (Wildman–Crippen LogP) is 2.44. The van der Waals surface area contributed by atoms with Gasteiger partial charge in [0.2, 0.25) is 0 Å². The molecule has 0 bridgehead atoms. The lowest BCUT2D eigenvalue weighted by Gasteiger charge is -2.28. The van der Waals surface area contributed by atoms with Gasteiger partial charge in [-0.05, 0) is 26.0 Å². The van der Waals surface area contributed by atoms with E-state index < -0.39 is 24.7 Å². The number of amides is 1. The monoisotopic (exact) mass is 299 g/mol. The smallest absolute Gasteiger partial charge is 0.384 e. The summed E-state index contributed by atoms with van der Waals surface area (Å²) in [7, 11) is 0. The van der Waals surface area contributed by atoms with Crippen molar-refractivity contribution in [1.29, 1.82) is 0 Å². The second-order valence-electron chi connectivity index (χ2n) is 4.65. The van der Waals surface area contributed by atoms with Crippen LogP contribution in [0.1, 0.15) is 29.8 Å². The molecule has 0 radical (unpaired) electrons. The van der Waals surface area contributed by atoms with E-state index in [0.29, 0.717) is 5.56 Å². The van der Waals surface area contributed by atoms with Crippen LogP contribution in [0, 0.1) is 11.8 Å². The van der Waals surface area contributed by atoms with Crippen LogP contribution in [-0.2, 0) is 0 Å². The Morgan fingerprint density at radius 1 is 1.33 bits per heavy atom. The number of halogens is 3. The van der Waals surface area contributed by atoms with Crippen LogP contribution < -0.4 is 0 Å². The number of nitrogens with zero attached hydrogens (tertiary/aromatic N) is 1. The first-order chi connectivity index (χ1) is 9.76. The molecule has 21 heavy (non-hydrogen) atoms. The van der Waals surface area contributed by atoms with Gasteiger partial charge in [-0.15, -0.1) is 0 Å². The van der Waals surface area contributed by atoms with E-state index in [4.69, 9.17) is 5.11 Å². The fourth-order valence-electron chi connectivity index (χ4n) is 1.75. The molecule has 1 rings (SSSR count). The summed E-state index contributed by atoms with van der Waals surface area (Å²) >= 11 is 0. The lowest BCUT2D eigenvalue weighted by molar-refractivity contribution is -0.143. The van der Waals surface area contributed by atoms with Crippen molar-refractivity contribution in [3.63, 3.8) is 0 Å². The van der Waals surface area contributed by atoms with E-state index in [2.05, 4.69) is 11.8 Å². The van der Waals surface area contributed by atoms with Crippen molar-refractivity contribution in [2.75, 3.05) is 13.2 Å². The van der Waals surface area contributed by atoms with Crippen molar-refractivity contribution in [2.24, 2.45) is 0 Å². The van der Waals surface area contributed by atoms with E-state index in [-0.39, 0.29) is 12.2 Å². The molecule has 3 nitrogen and oxygen atoms in total. The Morgan fingerprint density at radius 3 is 2.48 bits per heavy atom. The van der Waals surface area contributed by atoms with Crippen LogP contribution >= 0.6 is 0 Å². The number of carbonyl (C=O) groups excluding carboxylic acids is 1. The molecule has 0 fully saturated rings. The van der Waals surface area contributed by atoms with Crippen molar-refractivity contribution in [1.82, 2.24) is 4.90 Å². The highest BCUT2D eigenvalue weighted by atomic mass is 19.4. The van der Waals surface area contributed by atoms with Gasteiger partial charge in [-0.1, -0.05) is 24.0 Å². The zero-order chi connectivity index (χ0) is 16.0. The van der Waals surface area contributed by atoms with Gasteiger partial charge in [-0.3, -0.25) is 4.79 Å². The lowest BCUT2D eigenvalue weighted by atomic mass is 10.1. The minimum absolute atomic E-state index is 0.0939. The topological polar surface area (TPSA) is 40.5 Å². The lowest BCUT2D eigenvalue weighted by Crippen LogP contribution is -2.43. The summed E-state index contributed by atoms with van der Waals surface area (Å²) in [6, 6.07) is 5.54. The number of carbonyl (C=O) groups is 1. The van der Waals surface area contributed by atoms with E-state index in [1.807, 2.05) is 0 Å². The number of benzene rings is 1. The molecule has 0 saturated carbocycles. The van der Waals surface area contributed by atoms with Crippen molar-refractivity contribution >= 4 is 5.91 Å². The van der Waals surface area contributed by atoms with Gasteiger partial charge in [-0.2, -0.15) is 13.2 Å². The molecule has 0 unspecified atom stereocenters. The number of hydrogen-bond acceptors (Lipinski definition) is 2. The van der Waals surface area contributed by atoms with E-state index in [1.165, 1.54) is 26.0 Å². The molecule has 0 spiro atoms. The predicted molar refractivity (Wildman–Crippen MR) is 72.6 cm³/mol. The fraction of sp³-hybridized carbons (Fsp3) is 0.400. The summed E-state index contributed by atoms with van der Waals surface area (Å²) in [5.41, 5.74) is 0.390. The quantitative estimate of drug-likeness (QED) is 0.871. The molecule has 6 heteroatoms. The van der Waals surface area contributed by atoms with E-state index in [0.717, 1.165) is 4.90 Å². The van der Waals surface area contributed by atoms with E-state index >= 15 is 0 Å². The summed E-state index contributed by atoms with van der Waals surface area (Å²) in [5.74, 6) is 4.23. The van der Waals surface area contributed by atoms with E-state index in [1.54, 1.807) is 12.1 Å². The maximum atomic E-state index is 12.6. The van der Waals surface area contributed by atoms with Crippen molar-refractivity contribution in [2.45, 2.75) is 26.1 Å². The number of aliphatic hydroxyl groups is 1. The number of hydrogen-bond donors (Lipinski definition) is 1. The Kier molecular flexibility index (Phi) is 5.79. The van der Waals surface area contributed by atoms with Crippen molar-refractivity contribution in [3.8, 4) is 11.8 Å². The second-order valence-corrected chi connectivity index (χ2v) is 4.65. The Balaban J connectivity index is 3.16. The van der Waals surface area contributed by atoms with Gasteiger partial charge in [0, 0.05) is 11.6 Å². The Bertz CT molecular complexity index is 556. The average molecular weight is 299 g/mol. The van der Waals surface area contributed by atoms with Crippen LogP contribution in [0.25, 0.3) is 0 Å².